The van der Waals surface area contributed by atoms with Gasteiger partial charge in [0.2, 0.25) is 0 Å². The van der Waals surface area contributed by atoms with E-state index in [1.165, 1.54) is 4.88 Å². The average Bonchev–Trinajstić information content (AvgIpc) is 2.54. The molecule has 0 saturated heterocycles. The molecule has 0 bridgehead atoms. The molecule has 0 aliphatic carbocycles. The van der Waals surface area contributed by atoms with E-state index in [2.05, 4.69) is 36.7 Å². The highest BCUT2D eigenvalue weighted by molar-refractivity contribution is 7.10. The fraction of sp³-hybridized carbons (Fsp3) is 0.545. The lowest BCUT2D eigenvalue weighted by Gasteiger charge is -2.32. The summed E-state index contributed by atoms with van der Waals surface area (Å²) in [5.41, 5.74) is -0.638. The SMILES string of the molecule is CC(C)(C#N)NC(C)(C)c1cccs1. The molecule has 76 valence electrons. The van der Waals surface area contributed by atoms with Gasteiger partial charge in [0, 0.05) is 10.4 Å². The minimum atomic E-state index is -0.493. The molecule has 0 saturated carbocycles. The monoisotopic (exact) mass is 208 g/mol. The van der Waals surface area contributed by atoms with Crippen LogP contribution in [-0.2, 0) is 5.54 Å². The van der Waals surface area contributed by atoms with E-state index in [0.717, 1.165) is 0 Å². The molecular weight excluding hydrogens is 192 g/mol. The fourth-order valence-corrected chi connectivity index (χ4v) is 2.31. The van der Waals surface area contributed by atoms with Crippen molar-refractivity contribution in [2.24, 2.45) is 0 Å². The summed E-state index contributed by atoms with van der Waals surface area (Å²) in [5.74, 6) is 0. The van der Waals surface area contributed by atoms with E-state index in [1.807, 2.05) is 19.9 Å². The lowest BCUT2D eigenvalue weighted by atomic mass is 9.97. The molecular formula is C11H16N2S. The molecule has 0 atom stereocenters. The maximum absolute atomic E-state index is 8.95. The van der Waals surface area contributed by atoms with Crippen LogP contribution in [0.1, 0.15) is 32.6 Å². The molecule has 1 aromatic rings. The molecule has 2 nitrogen and oxygen atoms in total. The third-order valence-corrected chi connectivity index (χ3v) is 3.24. The first kappa shape index (κ1) is 11.2. The molecule has 0 aliphatic rings. The summed E-state index contributed by atoms with van der Waals surface area (Å²) >= 11 is 1.71. The van der Waals surface area contributed by atoms with E-state index < -0.39 is 5.54 Å². The Morgan fingerprint density at radius 3 is 2.43 bits per heavy atom. The Morgan fingerprint density at radius 1 is 1.36 bits per heavy atom. The molecule has 0 radical (unpaired) electrons. The first-order chi connectivity index (χ1) is 6.37. The quantitative estimate of drug-likeness (QED) is 0.829. The van der Waals surface area contributed by atoms with Crippen molar-refractivity contribution in [2.45, 2.75) is 38.8 Å². The van der Waals surface area contributed by atoms with Crippen molar-refractivity contribution >= 4 is 11.3 Å². The Morgan fingerprint density at radius 2 is 2.00 bits per heavy atom. The molecule has 1 aromatic heterocycles. The van der Waals surface area contributed by atoms with Gasteiger partial charge in [-0.15, -0.1) is 11.3 Å². The zero-order valence-corrected chi connectivity index (χ0v) is 9.90. The van der Waals surface area contributed by atoms with Crippen LogP contribution in [0.5, 0.6) is 0 Å². The van der Waals surface area contributed by atoms with Crippen LogP contribution in [-0.4, -0.2) is 5.54 Å². The van der Waals surface area contributed by atoms with Crippen LogP contribution in [0, 0.1) is 11.3 Å². The minimum Gasteiger partial charge on any atom is -0.290 e. The number of hydrogen-bond donors (Lipinski definition) is 1. The summed E-state index contributed by atoms with van der Waals surface area (Å²) in [6.45, 7) is 7.97. The molecule has 1 rings (SSSR count). The first-order valence-electron chi connectivity index (χ1n) is 4.62. The minimum absolute atomic E-state index is 0.145. The maximum Gasteiger partial charge on any atom is 0.101 e. The second-order valence-corrected chi connectivity index (χ2v) is 5.41. The van der Waals surface area contributed by atoms with Gasteiger partial charge in [0.25, 0.3) is 0 Å². The van der Waals surface area contributed by atoms with E-state index in [0.29, 0.717) is 0 Å². The van der Waals surface area contributed by atoms with E-state index in [1.54, 1.807) is 11.3 Å². The molecule has 0 unspecified atom stereocenters. The number of hydrogen-bond acceptors (Lipinski definition) is 3. The number of rotatable bonds is 3. The van der Waals surface area contributed by atoms with Crippen molar-refractivity contribution in [3.8, 4) is 6.07 Å². The average molecular weight is 208 g/mol. The van der Waals surface area contributed by atoms with E-state index in [-0.39, 0.29) is 5.54 Å². The second-order valence-electron chi connectivity index (χ2n) is 4.46. The Kier molecular flexibility index (Phi) is 2.98. The zero-order valence-electron chi connectivity index (χ0n) is 9.09. The first-order valence-corrected chi connectivity index (χ1v) is 5.50. The predicted molar refractivity (Wildman–Crippen MR) is 60.2 cm³/mol. The highest BCUT2D eigenvalue weighted by Gasteiger charge is 2.29. The van der Waals surface area contributed by atoms with Gasteiger partial charge in [0.05, 0.1) is 6.07 Å². The van der Waals surface area contributed by atoms with Gasteiger partial charge in [-0.2, -0.15) is 5.26 Å². The van der Waals surface area contributed by atoms with Crippen molar-refractivity contribution in [3.05, 3.63) is 22.4 Å². The second kappa shape index (κ2) is 3.72. The van der Waals surface area contributed by atoms with Gasteiger partial charge in [-0.25, -0.2) is 0 Å². The van der Waals surface area contributed by atoms with Gasteiger partial charge in [0.15, 0.2) is 0 Å². The van der Waals surface area contributed by atoms with Crippen LogP contribution in [0.3, 0.4) is 0 Å². The molecule has 14 heavy (non-hydrogen) atoms. The number of nitrogens with zero attached hydrogens (tertiary/aromatic N) is 1. The smallest absolute Gasteiger partial charge is 0.101 e. The highest BCUT2D eigenvalue weighted by Crippen LogP contribution is 2.26. The lowest BCUT2D eigenvalue weighted by molar-refractivity contribution is 0.323. The molecule has 0 amide bonds. The summed E-state index contributed by atoms with van der Waals surface area (Å²) in [6.07, 6.45) is 0. The predicted octanol–water partition coefficient (Wildman–Crippen LogP) is 2.87. The molecule has 0 aliphatic heterocycles. The normalized spacial score (nSPS) is 12.5. The van der Waals surface area contributed by atoms with Gasteiger partial charge in [0.1, 0.15) is 5.54 Å². The van der Waals surface area contributed by atoms with E-state index >= 15 is 0 Å². The van der Waals surface area contributed by atoms with Crippen LogP contribution in [0.4, 0.5) is 0 Å². The third-order valence-electron chi connectivity index (χ3n) is 2.04. The standard InChI is InChI=1S/C11H16N2S/c1-10(2,8-12)13-11(3,4)9-6-5-7-14-9/h5-7,13H,1-4H3. The molecule has 1 heterocycles. The van der Waals surface area contributed by atoms with E-state index in [9.17, 15) is 0 Å². The maximum atomic E-state index is 8.95. The number of nitrogens with one attached hydrogen (secondary N) is 1. The van der Waals surface area contributed by atoms with Crippen molar-refractivity contribution in [1.82, 2.24) is 5.32 Å². The van der Waals surface area contributed by atoms with Crippen LogP contribution in [0.25, 0.3) is 0 Å². The highest BCUT2D eigenvalue weighted by atomic mass is 32.1. The summed E-state index contributed by atoms with van der Waals surface area (Å²) in [5, 5.41) is 14.3. The lowest BCUT2D eigenvalue weighted by Crippen LogP contribution is -2.48. The molecule has 0 spiro atoms. The Hall–Kier alpha value is -0.850. The van der Waals surface area contributed by atoms with Gasteiger partial charge >= 0.3 is 0 Å². The summed E-state index contributed by atoms with van der Waals surface area (Å²) in [4.78, 5) is 1.25. The third kappa shape index (κ3) is 2.57. The summed E-state index contributed by atoms with van der Waals surface area (Å²) in [7, 11) is 0. The molecule has 0 fully saturated rings. The molecule has 0 aromatic carbocycles. The molecule has 1 N–H and O–H groups in total. The zero-order chi connectivity index (χ0) is 10.8. The number of nitriles is 1. The summed E-state index contributed by atoms with van der Waals surface area (Å²) in [6, 6.07) is 6.37. The van der Waals surface area contributed by atoms with Crippen molar-refractivity contribution in [1.29, 1.82) is 5.26 Å². The topological polar surface area (TPSA) is 35.8 Å². The van der Waals surface area contributed by atoms with Crippen molar-refractivity contribution in [3.63, 3.8) is 0 Å². The fourth-order valence-electron chi connectivity index (χ4n) is 1.50. The van der Waals surface area contributed by atoms with Crippen molar-refractivity contribution in [2.75, 3.05) is 0 Å². The van der Waals surface area contributed by atoms with E-state index in [4.69, 9.17) is 5.26 Å². The van der Waals surface area contributed by atoms with Gasteiger partial charge in [-0.05, 0) is 39.1 Å². The van der Waals surface area contributed by atoms with Crippen LogP contribution in [0.15, 0.2) is 17.5 Å². The molecule has 3 heteroatoms. The van der Waals surface area contributed by atoms with Gasteiger partial charge in [-0.3, -0.25) is 5.32 Å². The van der Waals surface area contributed by atoms with Crippen LogP contribution in [0.2, 0.25) is 0 Å². The Balaban J connectivity index is 2.84. The number of thiophene rings is 1. The van der Waals surface area contributed by atoms with Gasteiger partial charge in [-0.1, -0.05) is 6.07 Å². The Bertz CT molecular complexity index is 331. The van der Waals surface area contributed by atoms with Crippen LogP contribution >= 0.6 is 11.3 Å². The largest absolute Gasteiger partial charge is 0.290 e. The van der Waals surface area contributed by atoms with Crippen LogP contribution < -0.4 is 5.32 Å². The van der Waals surface area contributed by atoms with Gasteiger partial charge < -0.3 is 0 Å². The Labute approximate surface area is 89.6 Å². The summed E-state index contributed by atoms with van der Waals surface area (Å²) < 4.78 is 0. The van der Waals surface area contributed by atoms with Crippen molar-refractivity contribution < 1.29 is 0 Å².